The zero-order valence-electron chi connectivity index (χ0n) is 15.2. The van der Waals surface area contributed by atoms with Gasteiger partial charge >= 0.3 is 0 Å². The molecule has 3 heterocycles. The van der Waals surface area contributed by atoms with Gasteiger partial charge in [-0.1, -0.05) is 24.3 Å². The molecular formula is C22H16FN5O. The van der Waals surface area contributed by atoms with Gasteiger partial charge in [0.05, 0.1) is 41.6 Å². The highest BCUT2D eigenvalue weighted by Gasteiger charge is 2.45. The third kappa shape index (κ3) is 2.65. The molecule has 142 valence electrons. The first-order valence-electron chi connectivity index (χ1n) is 9.14. The normalized spacial score (nSPS) is 20.4. The first kappa shape index (κ1) is 17.3. The number of nitrogens with one attached hydrogen (secondary N) is 1. The molecule has 0 fully saturated rings. The van der Waals surface area contributed by atoms with Crippen LogP contribution in [0.1, 0.15) is 34.8 Å². The molecule has 0 spiro atoms. The molecule has 0 unspecified atom stereocenters. The maximum atomic E-state index is 14.7. The zero-order valence-corrected chi connectivity index (χ0v) is 15.2. The molecule has 2 N–H and O–H groups in total. The predicted octanol–water partition coefficient (Wildman–Crippen LogP) is 3.51. The molecule has 0 bridgehead atoms. The molecule has 5 rings (SSSR count). The second kappa shape index (κ2) is 6.40. The Hall–Kier alpha value is -3.76. The molecule has 4 aromatic rings. The van der Waals surface area contributed by atoms with Crippen LogP contribution in [0.3, 0.4) is 0 Å². The summed E-state index contributed by atoms with van der Waals surface area (Å²) in [4.78, 5) is 4.19. The van der Waals surface area contributed by atoms with E-state index in [0.29, 0.717) is 16.8 Å². The van der Waals surface area contributed by atoms with Gasteiger partial charge < -0.3 is 9.67 Å². The summed E-state index contributed by atoms with van der Waals surface area (Å²) in [5.41, 5.74) is 2.40. The largest absolute Gasteiger partial charge is 0.379 e. The first-order chi connectivity index (χ1) is 14.1. The molecule has 1 aliphatic rings. The summed E-state index contributed by atoms with van der Waals surface area (Å²) in [6.07, 6.45) is 5.16. The Kier molecular flexibility index (Phi) is 3.83. The molecule has 0 aliphatic carbocycles. The standard InChI is InChI=1S/C22H16FN5O/c23-18-8-14(11-24)4-5-17(18)20-10-22(29,21-12-25-13-28(20)21)16-3-1-2-15(9-16)19-6-7-26-27-19/h1-9,12-13,20,29H,10H2,(H,26,27)/t20-,22+/m1/s1. The van der Waals surface area contributed by atoms with Gasteiger partial charge in [0.2, 0.25) is 0 Å². The zero-order chi connectivity index (χ0) is 20.0. The van der Waals surface area contributed by atoms with Crippen molar-refractivity contribution in [1.82, 2.24) is 19.7 Å². The summed E-state index contributed by atoms with van der Waals surface area (Å²) < 4.78 is 16.5. The Morgan fingerprint density at radius 1 is 1.24 bits per heavy atom. The van der Waals surface area contributed by atoms with E-state index in [0.717, 1.165) is 11.3 Å². The molecule has 0 amide bonds. The van der Waals surface area contributed by atoms with Gasteiger partial charge in [0.15, 0.2) is 0 Å². The second-order valence-electron chi connectivity index (χ2n) is 7.17. The molecular weight excluding hydrogens is 369 g/mol. The number of imidazole rings is 1. The highest BCUT2D eigenvalue weighted by Crippen LogP contribution is 2.47. The van der Waals surface area contributed by atoms with Crippen molar-refractivity contribution in [2.75, 3.05) is 0 Å². The van der Waals surface area contributed by atoms with Crippen molar-refractivity contribution in [2.24, 2.45) is 0 Å². The Morgan fingerprint density at radius 3 is 2.90 bits per heavy atom. The number of H-pyrrole nitrogens is 1. The minimum absolute atomic E-state index is 0.262. The summed E-state index contributed by atoms with van der Waals surface area (Å²) in [6.45, 7) is 0. The summed E-state index contributed by atoms with van der Waals surface area (Å²) in [6, 6.07) is 15.4. The molecule has 7 heteroatoms. The van der Waals surface area contributed by atoms with E-state index in [1.54, 1.807) is 35.4 Å². The molecule has 2 aromatic heterocycles. The summed E-state index contributed by atoms with van der Waals surface area (Å²) in [7, 11) is 0. The van der Waals surface area contributed by atoms with Gasteiger partial charge in [-0.15, -0.1) is 0 Å². The van der Waals surface area contributed by atoms with Crippen LogP contribution >= 0.6 is 0 Å². The molecule has 2 atom stereocenters. The van der Waals surface area contributed by atoms with Crippen molar-refractivity contribution in [3.8, 4) is 17.3 Å². The van der Waals surface area contributed by atoms with E-state index in [-0.39, 0.29) is 12.0 Å². The van der Waals surface area contributed by atoms with Crippen LogP contribution in [-0.4, -0.2) is 24.9 Å². The van der Waals surface area contributed by atoms with E-state index >= 15 is 0 Å². The van der Waals surface area contributed by atoms with Gasteiger partial charge in [0.1, 0.15) is 11.4 Å². The number of aliphatic hydroxyl groups is 1. The fraction of sp³-hybridized carbons (Fsp3) is 0.136. The third-order valence-corrected chi connectivity index (χ3v) is 5.55. The third-order valence-electron chi connectivity index (χ3n) is 5.55. The van der Waals surface area contributed by atoms with Gasteiger partial charge in [-0.2, -0.15) is 10.4 Å². The quantitative estimate of drug-likeness (QED) is 0.565. The fourth-order valence-corrected chi connectivity index (χ4v) is 4.11. The summed E-state index contributed by atoms with van der Waals surface area (Å²) in [5, 5.41) is 27.6. The van der Waals surface area contributed by atoms with Crippen LogP contribution < -0.4 is 0 Å². The minimum atomic E-state index is -1.32. The van der Waals surface area contributed by atoms with Crippen molar-refractivity contribution < 1.29 is 9.50 Å². The van der Waals surface area contributed by atoms with Crippen LogP contribution in [0.2, 0.25) is 0 Å². The molecule has 2 aromatic carbocycles. The number of hydrogen-bond donors (Lipinski definition) is 2. The molecule has 0 saturated heterocycles. The van der Waals surface area contributed by atoms with E-state index in [1.807, 2.05) is 36.4 Å². The molecule has 29 heavy (non-hydrogen) atoms. The number of aromatic nitrogens is 4. The lowest BCUT2D eigenvalue weighted by molar-refractivity contribution is 0.0793. The van der Waals surface area contributed by atoms with Gasteiger partial charge in [0.25, 0.3) is 0 Å². The second-order valence-corrected chi connectivity index (χ2v) is 7.17. The number of aromatic amines is 1. The molecule has 1 aliphatic heterocycles. The lowest BCUT2D eigenvalue weighted by Gasteiger charge is -2.24. The van der Waals surface area contributed by atoms with Gasteiger partial charge in [-0.05, 0) is 35.4 Å². The molecule has 6 nitrogen and oxygen atoms in total. The number of nitrogens with zero attached hydrogens (tertiary/aromatic N) is 4. The van der Waals surface area contributed by atoms with Crippen molar-refractivity contribution >= 4 is 0 Å². The Morgan fingerprint density at radius 2 is 2.14 bits per heavy atom. The highest BCUT2D eigenvalue weighted by molar-refractivity contribution is 5.60. The lowest BCUT2D eigenvalue weighted by Crippen LogP contribution is -2.24. The van der Waals surface area contributed by atoms with E-state index in [4.69, 9.17) is 5.26 Å². The van der Waals surface area contributed by atoms with E-state index in [9.17, 15) is 9.50 Å². The van der Waals surface area contributed by atoms with Crippen molar-refractivity contribution in [3.63, 3.8) is 0 Å². The monoisotopic (exact) mass is 385 g/mol. The average molecular weight is 385 g/mol. The Bertz CT molecular complexity index is 1240. The average Bonchev–Trinajstić information content (AvgIpc) is 3.48. The number of benzene rings is 2. The van der Waals surface area contributed by atoms with E-state index in [1.165, 1.54) is 6.07 Å². The van der Waals surface area contributed by atoms with E-state index in [2.05, 4.69) is 15.2 Å². The number of nitriles is 1. The maximum absolute atomic E-state index is 14.7. The Labute approximate surface area is 165 Å². The number of rotatable bonds is 3. The van der Waals surface area contributed by atoms with Gasteiger partial charge in [-0.3, -0.25) is 5.10 Å². The van der Waals surface area contributed by atoms with Crippen LogP contribution in [0.4, 0.5) is 4.39 Å². The van der Waals surface area contributed by atoms with E-state index < -0.39 is 17.5 Å². The fourth-order valence-electron chi connectivity index (χ4n) is 4.11. The van der Waals surface area contributed by atoms with Crippen molar-refractivity contribution in [2.45, 2.75) is 18.1 Å². The number of hydrogen-bond acceptors (Lipinski definition) is 4. The van der Waals surface area contributed by atoms with Crippen molar-refractivity contribution in [1.29, 1.82) is 5.26 Å². The minimum Gasteiger partial charge on any atom is -0.379 e. The lowest BCUT2D eigenvalue weighted by atomic mass is 9.85. The number of fused-ring (bicyclic) bond motifs is 1. The highest BCUT2D eigenvalue weighted by atomic mass is 19.1. The topological polar surface area (TPSA) is 90.5 Å². The van der Waals surface area contributed by atoms with Crippen LogP contribution in [0, 0.1) is 17.1 Å². The van der Waals surface area contributed by atoms with Crippen LogP contribution in [-0.2, 0) is 5.60 Å². The SMILES string of the molecule is N#Cc1ccc([C@H]2C[C@](O)(c3cccc(-c4ccn[nH]4)c3)c3cncn32)c(F)c1. The van der Waals surface area contributed by atoms with Crippen molar-refractivity contribution in [3.05, 3.63) is 95.5 Å². The number of halogens is 1. The van der Waals surface area contributed by atoms with Crippen LogP contribution in [0.5, 0.6) is 0 Å². The Balaban J connectivity index is 1.60. The summed E-state index contributed by atoms with van der Waals surface area (Å²) in [5.74, 6) is -0.468. The molecule has 0 saturated carbocycles. The van der Waals surface area contributed by atoms with Gasteiger partial charge in [-0.25, -0.2) is 9.37 Å². The smallest absolute Gasteiger partial charge is 0.133 e. The predicted molar refractivity (Wildman–Crippen MR) is 103 cm³/mol. The first-order valence-corrected chi connectivity index (χ1v) is 9.14. The van der Waals surface area contributed by atoms with Gasteiger partial charge in [0, 0.05) is 18.2 Å². The maximum Gasteiger partial charge on any atom is 0.133 e. The summed E-state index contributed by atoms with van der Waals surface area (Å²) >= 11 is 0. The van der Waals surface area contributed by atoms with Crippen LogP contribution in [0.25, 0.3) is 11.3 Å². The van der Waals surface area contributed by atoms with Crippen LogP contribution in [0.15, 0.2) is 67.3 Å². The molecule has 0 radical (unpaired) electrons.